The molecule has 5 nitrogen and oxygen atoms in total. The molecule has 1 atom stereocenters. The molecule has 1 unspecified atom stereocenters. The van der Waals surface area contributed by atoms with Crippen molar-refractivity contribution >= 4 is 10.0 Å². The highest BCUT2D eigenvalue weighted by Gasteiger charge is 2.21. The third-order valence-corrected chi connectivity index (χ3v) is 6.68. The van der Waals surface area contributed by atoms with E-state index < -0.39 is 10.0 Å². The molecule has 2 aromatic rings. The van der Waals surface area contributed by atoms with Gasteiger partial charge in [0.15, 0.2) is 0 Å². The average molecular weight is 407 g/mol. The van der Waals surface area contributed by atoms with Crippen molar-refractivity contribution in [3.8, 4) is 0 Å². The Morgan fingerprint density at radius 2 is 1.75 bits per heavy atom. The van der Waals surface area contributed by atoms with Gasteiger partial charge in [0.25, 0.3) is 0 Å². The molecule has 2 aromatic carbocycles. The van der Waals surface area contributed by atoms with E-state index >= 15 is 0 Å². The second-order valence-corrected chi connectivity index (χ2v) is 9.52. The molecule has 1 saturated heterocycles. The van der Waals surface area contributed by atoms with Crippen molar-refractivity contribution in [2.45, 2.75) is 36.9 Å². The standard InChI is InChI=1S/C21H27FN2O3S/c1-23(2)28(25,26)21-10-4-7-18(13-21)15-24(16-20-9-5-11-27-20)14-17-6-3-8-19(22)12-17/h3-4,6-8,10,12-13,20H,5,9,11,14-16H2,1-2H3. The van der Waals surface area contributed by atoms with Crippen molar-refractivity contribution in [2.24, 2.45) is 0 Å². The number of sulfonamides is 1. The van der Waals surface area contributed by atoms with Crippen LogP contribution in [0.3, 0.4) is 0 Å². The third kappa shape index (κ3) is 5.38. The molecule has 0 bridgehead atoms. The topological polar surface area (TPSA) is 49.9 Å². The highest BCUT2D eigenvalue weighted by atomic mass is 32.2. The molecule has 0 radical (unpaired) electrons. The van der Waals surface area contributed by atoms with Gasteiger partial charge >= 0.3 is 0 Å². The molecule has 1 heterocycles. The summed E-state index contributed by atoms with van der Waals surface area (Å²) in [7, 11) is -0.435. The molecule has 0 amide bonds. The Kier molecular flexibility index (Phi) is 6.82. The van der Waals surface area contributed by atoms with Crippen molar-refractivity contribution in [2.75, 3.05) is 27.2 Å². The summed E-state index contributed by atoms with van der Waals surface area (Å²) in [4.78, 5) is 2.46. The molecular formula is C21H27FN2O3S. The smallest absolute Gasteiger partial charge is 0.242 e. The van der Waals surface area contributed by atoms with Crippen LogP contribution in [0.25, 0.3) is 0 Å². The van der Waals surface area contributed by atoms with E-state index in [1.54, 1.807) is 24.3 Å². The van der Waals surface area contributed by atoms with Gasteiger partial charge in [0.2, 0.25) is 10.0 Å². The second kappa shape index (κ2) is 9.13. The minimum Gasteiger partial charge on any atom is -0.377 e. The summed E-state index contributed by atoms with van der Waals surface area (Å²) in [5.41, 5.74) is 1.78. The lowest BCUT2D eigenvalue weighted by Gasteiger charge is -2.26. The molecule has 0 spiro atoms. The molecule has 28 heavy (non-hydrogen) atoms. The first-order valence-electron chi connectivity index (χ1n) is 9.44. The summed E-state index contributed by atoms with van der Waals surface area (Å²) >= 11 is 0. The van der Waals surface area contributed by atoms with Crippen LogP contribution in [0.15, 0.2) is 53.4 Å². The maximum atomic E-state index is 13.6. The fourth-order valence-corrected chi connectivity index (χ4v) is 4.40. The highest BCUT2D eigenvalue weighted by Crippen LogP contribution is 2.20. The van der Waals surface area contributed by atoms with E-state index in [1.807, 2.05) is 12.1 Å². The molecule has 0 N–H and O–H groups in total. The van der Waals surface area contributed by atoms with Gasteiger partial charge in [-0.15, -0.1) is 0 Å². The Bertz CT molecular complexity index is 896. The summed E-state index contributed by atoms with van der Waals surface area (Å²) in [6.07, 6.45) is 2.21. The lowest BCUT2D eigenvalue weighted by Crippen LogP contribution is -2.31. The number of hydrogen-bond donors (Lipinski definition) is 0. The van der Waals surface area contributed by atoms with Gasteiger partial charge in [0.05, 0.1) is 11.0 Å². The Morgan fingerprint density at radius 1 is 1.07 bits per heavy atom. The summed E-state index contributed by atoms with van der Waals surface area (Å²) < 4.78 is 45.4. The predicted molar refractivity (Wildman–Crippen MR) is 107 cm³/mol. The van der Waals surface area contributed by atoms with Crippen LogP contribution < -0.4 is 0 Å². The van der Waals surface area contributed by atoms with Gasteiger partial charge in [-0.2, -0.15) is 0 Å². The lowest BCUT2D eigenvalue weighted by atomic mass is 10.1. The van der Waals surface area contributed by atoms with Crippen LogP contribution in [0.4, 0.5) is 4.39 Å². The van der Waals surface area contributed by atoms with Gasteiger partial charge < -0.3 is 4.74 Å². The van der Waals surface area contributed by atoms with Gasteiger partial charge in [0.1, 0.15) is 5.82 Å². The Hall–Kier alpha value is -1.80. The highest BCUT2D eigenvalue weighted by molar-refractivity contribution is 7.89. The number of halogens is 1. The first-order valence-corrected chi connectivity index (χ1v) is 10.9. The van der Waals surface area contributed by atoms with Gasteiger partial charge in [-0.25, -0.2) is 17.1 Å². The van der Waals surface area contributed by atoms with Crippen LogP contribution in [0.1, 0.15) is 24.0 Å². The maximum absolute atomic E-state index is 13.6. The summed E-state index contributed by atoms with van der Waals surface area (Å²) in [5, 5.41) is 0. The van der Waals surface area contributed by atoms with Crippen LogP contribution in [0.5, 0.6) is 0 Å². The number of ether oxygens (including phenoxy) is 1. The molecule has 1 aliphatic rings. The first-order chi connectivity index (χ1) is 13.3. The Morgan fingerprint density at radius 3 is 2.36 bits per heavy atom. The van der Waals surface area contributed by atoms with Crippen molar-refractivity contribution in [1.82, 2.24) is 9.21 Å². The minimum atomic E-state index is -3.48. The van der Waals surface area contributed by atoms with Crippen LogP contribution in [0.2, 0.25) is 0 Å². The fraction of sp³-hybridized carbons (Fsp3) is 0.429. The molecule has 0 aromatic heterocycles. The van der Waals surface area contributed by atoms with Crippen LogP contribution in [-0.4, -0.2) is 51.0 Å². The molecular weight excluding hydrogens is 379 g/mol. The van der Waals surface area contributed by atoms with E-state index in [4.69, 9.17) is 4.74 Å². The van der Waals surface area contributed by atoms with Gasteiger partial charge in [-0.05, 0) is 48.2 Å². The average Bonchev–Trinajstić information content (AvgIpc) is 3.15. The largest absolute Gasteiger partial charge is 0.377 e. The van der Waals surface area contributed by atoms with Crippen LogP contribution in [0, 0.1) is 5.82 Å². The molecule has 1 aliphatic heterocycles. The zero-order chi connectivity index (χ0) is 20.1. The van der Waals surface area contributed by atoms with Crippen LogP contribution in [-0.2, 0) is 27.8 Å². The van der Waals surface area contributed by atoms with Gasteiger partial charge in [0, 0.05) is 40.3 Å². The van der Waals surface area contributed by atoms with E-state index in [9.17, 15) is 12.8 Å². The maximum Gasteiger partial charge on any atom is 0.242 e. The van der Waals surface area contributed by atoms with Gasteiger partial charge in [-0.1, -0.05) is 24.3 Å². The minimum absolute atomic E-state index is 0.155. The zero-order valence-corrected chi connectivity index (χ0v) is 17.2. The van der Waals surface area contributed by atoms with Crippen molar-refractivity contribution in [3.63, 3.8) is 0 Å². The third-order valence-electron chi connectivity index (χ3n) is 4.86. The summed E-state index contributed by atoms with van der Waals surface area (Å²) in [5.74, 6) is -0.256. The Balaban J connectivity index is 1.80. The monoisotopic (exact) mass is 406 g/mol. The summed E-state index contributed by atoms with van der Waals surface area (Å²) in [6.45, 7) is 2.63. The fourth-order valence-electron chi connectivity index (χ4n) is 3.43. The van der Waals surface area contributed by atoms with Crippen molar-refractivity contribution in [3.05, 3.63) is 65.5 Å². The van der Waals surface area contributed by atoms with E-state index in [2.05, 4.69) is 4.90 Å². The molecule has 152 valence electrons. The molecule has 1 fully saturated rings. The zero-order valence-electron chi connectivity index (χ0n) is 16.3. The second-order valence-electron chi connectivity index (χ2n) is 7.37. The van der Waals surface area contributed by atoms with Crippen molar-refractivity contribution in [1.29, 1.82) is 0 Å². The quantitative estimate of drug-likeness (QED) is 0.675. The normalized spacial score (nSPS) is 17.5. The number of benzene rings is 2. The van der Waals surface area contributed by atoms with E-state index in [0.717, 1.165) is 37.1 Å². The van der Waals surface area contributed by atoms with Gasteiger partial charge in [-0.3, -0.25) is 4.90 Å². The predicted octanol–water partition coefficient (Wildman–Crippen LogP) is 3.26. The summed E-state index contributed by atoms with van der Waals surface area (Å²) in [6, 6.07) is 13.6. The number of rotatable bonds is 8. The van der Waals surface area contributed by atoms with E-state index in [-0.39, 0.29) is 16.8 Å². The Labute approximate surface area is 166 Å². The lowest BCUT2D eigenvalue weighted by molar-refractivity contribution is 0.0678. The molecule has 0 aliphatic carbocycles. The number of nitrogens with zero attached hydrogens (tertiary/aromatic N) is 2. The number of hydrogen-bond acceptors (Lipinski definition) is 4. The molecule has 0 saturated carbocycles. The first kappa shape index (κ1) is 20.9. The van der Waals surface area contributed by atoms with Crippen molar-refractivity contribution < 1.29 is 17.5 Å². The SMILES string of the molecule is CN(C)S(=O)(=O)c1cccc(CN(Cc2cccc(F)c2)CC2CCCO2)c1. The molecule has 3 rings (SSSR count). The van der Waals surface area contributed by atoms with E-state index in [1.165, 1.54) is 30.5 Å². The molecule has 7 heteroatoms. The van der Waals surface area contributed by atoms with Crippen LogP contribution >= 0.6 is 0 Å². The van der Waals surface area contributed by atoms with E-state index in [0.29, 0.717) is 13.1 Å².